The fourth-order valence-corrected chi connectivity index (χ4v) is 8.69. The number of benzene rings is 8. The Balaban J connectivity index is 1.07. The number of nitrogens with zero attached hydrogens (tertiary/aromatic N) is 1. The van der Waals surface area contributed by atoms with Crippen LogP contribution in [0.5, 0.6) is 0 Å². The molecule has 10 rings (SSSR count). The van der Waals surface area contributed by atoms with Crippen molar-refractivity contribution in [1.82, 2.24) is 0 Å². The van der Waals surface area contributed by atoms with Crippen molar-refractivity contribution in [2.24, 2.45) is 0 Å². The van der Waals surface area contributed by atoms with Gasteiger partial charge in [0, 0.05) is 48.0 Å². The van der Waals surface area contributed by atoms with Gasteiger partial charge in [-0.15, -0.1) is 11.3 Å². The van der Waals surface area contributed by atoms with Crippen LogP contribution in [0.3, 0.4) is 0 Å². The maximum absolute atomic E-state index is 6.49. The lowest BCUT2D eigenvalue weighted by atomic mass is 9.94. The van der Waals surface area contributed by atoms with Crippen molar-refractivity contribution >= 4 is 70.5 Å². The van der Waals surface area contributed by atoms with Crippen molar-refractivity contribution < 1.29 is 4.42 Å². The second-order valence-corrected chi connectivity index (χ2v) is 14.0. The van der Waals surface area contributed by atoms with Crippen molar-refractivity contribution in [3.05, 3.63) is 188 Å². The van der Waals surface area contributed by atoms with Crippen LogP contribution in [0.25, 0.3) is 75.5 Å². The molecule has 2 heterocycles. The molecular weight excluding hydrogens is 639 g/mol. The molecule has 0 unspecified atom stereocenters. The number of furan rings is 1. The van der Waals surface area contributed by atoms with Crippen molar-refractivity contribution in [2.45, 2.75) is 0 Å². The lowest BCUT2D eigenvalue weighted by Gasteiger charge is -2.26. The summed E-state index contributed by atoms with van der Waals surface area (Å²) >= 11 is 1.84. The SMILES string of the molecule is c1ccc(-c2ccccc2-c2ccc(N(c3ccccc3)c3ccc(-c4cccc5oc6ccc7sc8ccccc8c7c6c45)cc3)cc2)cc1. The molecule has 240 valence electrons. The molecule has 0 aliphatic carbocycles. The average Bonchev–Trinajstić information content (AvgIpc) is 3.78. The van der Waals surface area contributed by atoms with E-state index in [-0.39, 0.29) is 0 Å². The molecule has 51 heavy (non-hydrogen) atoms. The van der Waals surface area contributed by atoms with E-state index in [0.29, 0.717) is 0 Å². The zero-order valence-electron chi connectivity index (χ0n) is 27.7. The highest BCUT2D eigenvalue weighted by Gasteiger charge is 2.19. The molecule has 0 saturated heterocycles. The monoisotopic (exact) mass is 669 g/mol. The maximum Gasteiger partial charge on any atom is 0.136 e. The number of para-hydroxylation sites is 1. The summed E-state index contributed by atoms with van der Waals surface area (Å²) in [6.07, 6.45) is 0. The Kier molecular flexibility index (Phi) is 7.04. The van der Waals surface area contributed by atoms with E-state index < -0.39 is 0 Å². The van der Waals surface area contributed by atoms with Gasteiger partial charge < -0.3 is 9.32 Å². The van der Waals surface area contributed by atoms with E-state index >= 15 is 0 Å². The van der Waals surface area contributed by atoms with Gasteiger partial charge in [-0.25, -0.2) is 0 Å². The molecule has 0 aliphatic rings. The van der Waals surface area contributed by atoms with Crippen LogP contribution < -0.4 is 4.90 Å². The third kappa shape index (κ3) is 5.01. The van der Waals surface area contributed by atoms with Gasteiger partial charge in [-0.3, -0.25) is 0 Å². The van der Waals surface area contributed by atoms with E-state index in [0.717, 1.165) is 33.8 Å². The highest BCUT2D eigenvalue weighted by Crippen LogP contribution is 2.45. The Labute approximate surface area is 300 Å². The van der Waals surface area contributed by atoms with Gasteiger partial charge in [-0.05, 0) is 94.0 Å². The van der Waals surface area contributed by atoms with E-state index in [1.165, 1.54) is 58.8 Å². The first-order chi connectivity index (χ1) is 25.3. The minimum atomic E-state index is 0.911. The molecule has 0 fully saturated rings. The predicted molar refractivity (Wildman–Crippen MR) is 218 cm³/mol. The van der Waals surface area contributed by atoms with Crippen LogP contribution in [0, 0.1) is 0 Å². The fraction of sp³-hybridized carbons (Fsp3) is 0. The van der Waals surface area contributed by atoms with E-state index in [4.69, 9.17) is 4.42 Å². The molecule has 0 aliphatic heterocycles. The number of hydrogen-bond acceptors (Lipinski definition) is 3. The Hall–Kier alpha value is -6.42. The Morgan fingerprint density at radius 3 is 1.57 bits per heavy atom. The van der Waals surface area contributed by atoms with Crippen LogP contribution in [0.4, 0.5) is 17.1 Å². The molecule has 0 atom stereocenters. The summed E-state index contributed by atoms with van der Waals surface area (Å²) in [4.78, 5) is 2.32. The second kappa shape index (κ2) is 12.2. The summed E-state index contributed by atoms with van der Waals surface area (Å²) in [5.74, 6) is 0. The molecule has 3 heteroatoms. The van der Waals surface area contributed by atoms with Gasteiger partial charge in [0.2, 0.25) is 0 Å². The average molecular weight is 670 g/mol. The first-order valence-corrected chi connectivity index (χ1v) is 18.1. The highest BCUT2D eigenvalue weighted by molar-refractivity contribution is 7.26. The molecule has 2 nitrogen and oxygen atoms in total. The predicted octanol–water partition coefficient (Wildman–Crippen LogP) is 14.4. The molecule has 0 radical (unpaired) electrons. The summed E-state index contributed by atoms with van der Waals surface area (Å²) in [6.45, 7) is 0. The minimum absolute atomic E-state index is 0.911. The van der Waals surface area contributed by atoms with Gasteiger partial charge in [0.05, 0.1) is 0 Å². The van der Waals surface area contributed by atoms with Crippen LogP contribution in [0.15, 0.2) is 192 Å². The maximum atomic E-state index is 6.49. The van der Waals surface area contributed by atoms with Crippen LogP contribution in [0.1, 0.15) is 0 Å². The smallest absolute Gasteiger partial charge is 0.136 e. The van der Waals surface area contributed by atoms with E-state index in [9.17, 15) is 0 Å². The lowest BCUT2D eigenvalue weighted by molar-refractivity contribution is 0.669. The molecule has 0 spiro atoms. The third-order valence-electron chi connectivity index (χ3n) is 9.90. The van der Waals surface area contributed by atoms with Gasteiger partial charge in [-0.2, -0.15) is 0 Å². The van der Waals surface area contributed by atoms with Crippen LogP contribution in [0.2, 0.25) is 0 Å². The first-order valence-electron chi connectivity index (χ1n) is 17.3. The van der Waals surface area contributed by atoms with E-state index in [1.54, 1.807) is 0 Å². The van der Waals surface area contributed by atoms with Gasteiger partial charge in [0.25, 0.3) is 0 Å². The number of rotatable bonds is 6. The van der Waals surface area contributed by atoms with Crippen LogP contribution >= 0.6 is 11.3 Å². The van der Waals surface area contributed by atoms with Crippen LogP contribution in [-0.2, 0) is 0 Å². The Bertz CT molecular complexity index is 2830. The molecule has 0 amide bonds. The molecule has 2 aromatic heterocycles. The zero-order valence-corrected chi connectivity index (χ0v) is 28.5. The van der Waals surface area contributed by atoms with Gasteiger partial charge in [0.15, 0.2) is 0 Å². The molecule has 0 saturated carbocycles. The third-order valence-corrected chi connectivity index (χ3v) is 11.0. The van der Waals surface area contributed by atoms with Crippen molar-refractivity contribution in [1.29, 1.82) is 0 Å². The Morgan fingerprint density at radius 1 is 0.333 bits per heavy atom. The van der Waals surface area contributed by atoms with Gasteiger partial charge in [0.1, 0.15) is 11.2 Å². The fourth-order valence-electron chi connectivity index (χ4n) is 7.57. The summed E-state index contributed by atoms with van der Waals surface area (Å²) in [5, 5.41) is 4.92. The number of hydrogen-bond donors (Lipinski definition) is 0. The highest BCUT2D eigenvalue weighted by atomic mass is 32.1. The van der Waals surface area contributed by atoms with Gasteiger partial charge in [-0.1, -0.05) is 127 Å². The quantitative estimate of drug-likeness (QED) is 0.175. The molecular formula is C48H31NOS. The largest absolute Gasteiger partial charge is 0.456 e. The van der Waals surface area contributed by atoms with Crippen molar-refractivity contribution in [3.63, 3.8) is 0 Å². The summed E-state index contributed by atoms with van der Waals surface area (Å²) < 4.78 is 9.07. The summed E-state index contributed by atoms with van der Waals surface area (Å²) in [6, 6.07) is 67.2. The van der Waals surface area contributed by atoms with Crippen LogP contribution in [-0.4, -0.2) is 0 Å². The standard InChI is InChI=1S/C48H31NOS/c1-3-12-32(13-4-1)38-16-7-8-17-39(38)33-22-26-36(27-23-33)49(35-14-5-2-6-15-35)37-28-24-34(25-29-37)40-19-11-20-42-46(40)48-43(50-42)30-31-45-47(48)41-18-9-10-21-44(41)51-45/h1-31H. The summed E-state index contributed by atoms with van der Waals surface area (Å²) in [5.41, 5.74) is 12.3. The molecule has 8 aromatic carbocycles. The second-order valence-electron chi connectivity index (χ2n) is 12.9. The normalized spacial score (nSPS) is 11.5. The number of anilines is 3. The molecule has 0 bridgehead atoms. The van der Waals surface area contributed by atoms with Crippen molar-refractivity contribution in [3.8, 4) is 33.4 Å². The number of fused-ring (bicyclic) bond motifs is 7. The van der Waals surface area contributed by atoms with Crippen molar-refractivity contribution in [2.75, 3.05) is 4.90 Å². The van der Waals surface area contributed by atoms with E-state index in [1.807, 2.05) is 11.3 Å². The summed E-state index contributed by atoms with van der Waals surface area (Å²) in [7, 11) is 0. The van der Waals surface area contributed by atoms with Gasteiger partial charge >= 0.3 is 0 Å². The topological polar surface area (TPSA) is 16.4 Å². The van der Waals surface area contributed by atoms with E-state index in [2.05, 4.69) is 193 Å². The lowest BCUT2D eigenvalue weighted by Crippen LogP contribution is -2.09. The number of thiophene rings is 1. The minimum Gasteiger partial charge on any atom is -0.456 e. The molecule has 10 aromatic rings. The first kappa shape index (κ1) is 29.5. The zero-order chi connectivity index (χ0) is 33.7. The molecule has 0 N–H and O–H groups in total. The Morgan fingerprint density at radius 2 is 0.863 bits per heavy atom.